The van der Waals surface area contributed by atoms with Crippen LogP contribution in [0.3, 0.4) is 0 Å². The molecule has 0 spiro atoms. The van der Waals surface area contributed by atoms with Crippen molar-refractivity contribution in [1.82, 2.24) is 9.97 Å². The number of aliphatic carboxylic acids is 1. The summed E-state index contributed by atoms with van der Waals surface area (Å²) in [6.45, 7) is 0. The van der Waals surface area contributed by atoms with Gasteiger partial charge in [-0.2, -0.15) is 0 Å². The van der Waals surface area contributed by atoms with Crippen LogP contribution in [0.2, 0.25) is 0 Å². The van der Waals surface area contributed by atoms with E-state index in [2.05, 4.69) is 15.3 Å². The molecule has 0 atom stereocenters. The Balaban J connectivity index is 2.16. The highest BCUT2D eigenvalue weighted by Gasteiger charge is 2.07. The molecule has 7 nitrogen and oxygen atoms in total. The first kappa shape index (κ1) is 14.2. The van der Waals surface area contributed by atoms with Crippen molar-refractivity contribution in [2.24, 2.45) is 0 Å². The second kappa shape index (κ2) is 6.29. The second-order valence-electron chi connectivity index (χ2n) is 4.01. The average molecular weight is 285 g/mol. The smallest absolute Gasteiger partial charge is 0.328 e. The maximum Gasteiger partial charge on any atom is 0.328 e. The summed E-state index contributed by atoms with van der Waals surface area (Å²) in [5, 5.41) is 11.1. The Morgan fingerprint density at radius 2 is 2.10 bits per heavy atom. The Morgan fingerprint density at radius 3 is 2.81 bits per heavy atom. The van der Waals surface area contributed by atoms with Gasteiger partial charge in [-0.15, -0.1) is 0 Å². The molecule has 106 valence electrons. The summed E-state index contributed by atoms with van der Waals surface area (Å²) in [7, 11) is 0. The average Bonchev–Trinajstić information content (AvgIpc) is 2.45. The quantitative estimate of drug-likeness (QED) is 0.729. The summed E-state index contributed by atoms with van der Waals surface area (Å²) in [6.07, 6.45) is 3.63. The predicted octanol–water partition coefficient (Wildman–Crippen LogP) is 1.12. The molecule has 0 radical (unpaired) electrons. The van der Waals surface area contributed by atoms with Crippen molar-refractivity contribution < 1.29 is 14.7 Å². The third kappa shape index (κ3) is 4.13. The van der Waals surface area contributed by atoms with Crippen LogP contribution in [0.25, 0.3) is 6.08 Å². The topological polar surface area (TPSA) is 112 Å². The maximum atomic E-state index is 11.9. The molecular formula is C14H11N3O4. The van der Waals surface area contributed by atoms with Crippen LogP contribution >= 0.6 is 0 Å². The van der Waals surface area contributed by atoms with Crippen molar-refractivity contribution in [1.29, 1.82) is 0 Å². The lowest BCUT2D eigenvalue weighted by Gasteiger charge is -2.04. The molecule has 0 bridgehead atoms. The molecule has 0 aliphatic carbocycles. The monoisotopic (exact) mass is 285 g/mol. The Hall–Kier alpha value is -3.22. The third-order valence-electron chi connectivity index (χ3n) is 2.45. The standard InChI is InChI=1S/C14H11N3O4/c18-12-8-9(6-7-15-12)14(21)17-11-3-1-2-10(16-11)4-5-13(19)20/h1-8H,(H,15,18)(H,19,20)(H,16,17,21)/b5-4+. The number of aromatic nitrogens is 2. The number of hydrogen-bond acceptors (Lipinski definition) is 4. The molecule has 1 amide bonds. The number of amides is 1. The van der Waals surface area contributed by atoms with E-state index in [0.29, 0.717) is 5.69 Å². The van der Waals surface area contributed by atoms with E-state index >= 15 is 0 Å². The first-order valence-corrected chi connectivity index (χ1v) is 5.93. The highest BCUT2D eigenvalue weighted by atomic mass is 16.4. The zero-order valence-electron chi connectivity index (χ0n) is 10.7. The van der Waals surface area contributed by atoms with Gasteiger partial charge >= 0.3 is 5.97 Å². The van der Waals surface area contributed by atoms with Gasteiger partial charge < -0.3 is 15.4 Å². The first-order chi connectivity index (χ1) is 10.0. The molecule has 0 unspecified atom stereocenters. The van der Waals surface area contributed by atoms with Crippen LogP contribution in [0.5, 0.6) is 0 Å². The molecule has 7 heteroatoms. The fourth-order valence-corrected chi connectivity index (χ4v) is 1.54. The molecular weight excluding hydrogens is 274 g/mol. The van der Waals surface area contributed by atoms with Crippen molar-refractivity contribution >= 4 is 23.8 Å². The minimum Gasteiger partial charge on any atom is -0.478 e. The highest BCUT2D eigenvalue weighted by Crippen LogP contribution is 2.08. The number of H-pyrrole nitrogens is 1. The van der Waals surface area contributed by atoms with Gasteiger partial charge in [0.2, 0.25) is 5.56 Å². The lowest BCUT2D eigenvalue weighted by molar-refractivity contribution is -0.131. The van der Waals surface area contributed by atoms with E-state index in [1.54, 1.807) is 18.2 Å². The molecule has 21 heavy (non-hydrogen) atoms. The molecule has 3 N–H and O–H groups in total. The van der Waals surface area contributed by atoms with Crippen LogP contribution < -0.4 is 10.9 Å². The number of nitrogens with zero attached hydrogens (tertiary/aromatic N) is 1. The first-order valence-electron chi connectivity index (χ1n) is 5.93. The van der Waals surface area contributed by atoms with Crippen LogP contribution in [0.15, 0.2) is 47.4 Å². The van der Waals surface area contributed by atoms with Crippen LogP contribution in [0, 0.1) is 0 Å². The number of carboxylic acids is 1. The number of carbonyl (C=O) groups is 2. The largest absolute Gasteiger partial charge is 0.478 e. The summed E-state index contributed by atoms with van der Waals surface area (Å²) < 4.78 is 0. The molecule has 0 aliphatic heterocycles. The summed E-state index contributed by atoms with van der Waals surface area (Å²) >= 11 is 0. The fraction of sp³-hybridized carbons (Fsp3) is 0. The van der Waals surface area contributed by atoms with E-state index in [1.807, 2.05) is 0 Å². The van der Waals surface area contributed by atoms with Crippen LogP contribution in [0.4, 0.5) is 5.82 Å². The van der Waals surface area contributed by atoms with E-state index in [1.165, 1.54) is 24.4 Å². The van der Waals surface area contributed by atoms with Gasteiger partial charge in [-0.25, -0.2) is 9.78 Å². The van der Waals surface area contributed by atoms with E-state index in [-0.39, 0.29) is 16.9 Å². The molecule has 0 fully saturated rings. The summed E-state index contributed by atoms with van der Waals surface area (Å²) in [4.78, 5) is 40.0. The van der Waals surface area contributed by atoms with Crippen molar-refractivity contribution in [3.05, 3.63) is 64.2 Å². The van der Waals surface area contributed by atoms with Crippen molar-refractivity contribution in [3.63, 3.8) is 0 Å². The molecule has 0 aromatic carbocycles. The number of hydrogen-bond donors (Lipinski definition) is 3. The van der Waals surface area contributed by atoms with Crippen LogP contribution in [-0.2, 0) is 4.79 Å². The molecule has 2 aromatic rings. The van der Waals surface area contributed by atoms with Crippen molar-refractivity contribution in [2.45, 2.75) is 0 Å². The normalized spacial score (nSPS) is 10.5. The highest BCUT2D eigenvalue weighted by molar-refractivity contribution is 6.03. The van der Waals surface area contributed by atoms with Gasteiger partial charge in [-0.3, -0.25) is 9.59 Å². The van der Waals surface area contributed by atoms with Gasteiger partial charge in [-0.05, 0) is 24.3 Å². The van der Waals surface area contributed by atoms with Crippen molar-refractivity contribution in [2.75, 3.05) is 5.32 Å². The SMILES string of the molecule is O=C(O)/C=C/c1cccc(NC(=O)c2cc[nH]c(=O)c2)n1. The number of pyridine rings is 2. The van der Waals surface area contributed by atoms with Gasteiger partial charge in [-0.1, -0.05) is 6.07 Å². The van der Waals surface area contributed by atoms with E-state index in [4.69, 9.17) is 5.11 Å². The molecule has 2 heterocycles. The van der Waals surface area contributed by atoms with Gasteiger partial charge in [0.15, 0.2) is 0 Å². The minimum absolute atomic E-state index is 0.201. The lowest BCUT2D eigenvalue weighted by Crippen LogP contribution is -2.16. The number of aromatic amines is 1. The summed E-state index contributed by atoms with van der Waals surface area (Å²) in [5.41, 5.74) is 0.210. The minimum atomic E-state index is -1.09. The number of carbonyl (C=O) groups excluding carboxylic acids is 1. The van der Waals surface area contributed by atoms with E-state index < -0.39 is 11.9 Å². The molecule has 0 aliphatic rings. The summed E-state index contributed by atoms with van der Waals surface area (Å²) in [5.74, 6) is -1.31. The third-order valence-corrected chi connectivity index (χ3v) is 2.45. The zero-order valence-corrected chi connectivity index (χ0v) is 10.7. The lowest BCUT2D eigenvalue weighted by atomic mass is 10.2. The van der Waals surface area contributed by atoms with Gasteiger partial charge in [0.25, 0.3) is 5.91 Å². The maximum absolute atomic E-state index is 11.9. The molecule has 0 saturated carbocycles. The van der Waals surface area contributed by atoms with Crippen molar-refractivity contribution in [3.8, 4) is 0 Å². The Kier molecular flexibility index (Phi) is 4.25. The second-order valence-corrected chi connectivity index (χ2v) is 4.01. The fourth-order valence-electron chi connectivity index (χ4n) is 1.54. The molecule has 0 saturated heterocycles. The van der Waals surface area contributed by atoms with E-state index in [0.717, 1.165) is 6.08 Å². The number of nitrogens with one attached hydrogen (secondary N) is 2. The number of rotatable bonds is 4. The van der Waals surface area contributed by atoms with Crippen LogP contribution in [0.1, 0.15) is 16.1 Å². The molecule has 2 aromatic heterocycles. The number of anilines is 1. The van der Waals surface area contributed by atoms with Gasteiger partial charge in [0.1, 0.15) is 5.82 Å². The molecule has 2 rings (SSSR count). The van der Waals surface area contributed by atoms with Crippen LogP contribution in [-0.4, -0.2) is 27.0 Å². The Labute approximate surface area is 119 Å². The Bertz CT molecular complexity index is 765. The van der Waals surface area contributed by atoms with E-state index in [9.17, 15) is 14.4 Å². The summed E-state index contributed by atoms with van der Waals surface area (Å²) in [6, 6.07) is 7.42. The zero-order chi connectivity index (χ0) is 15.2. The number of carboxylic acid groups (broad SMARTS) is 1. The Morgan fingerprint density at radius 1 is 1.29 bits per heavy atom. The van der Waals surface area contributed by atoms with Gasteiger partial charge in [0.05, 0.1) is 5.69 Å². The van der Waals surface area contributed by atoms with Gasteiger partial charge in [0, 0.05) is 23.9 Å². The predicted molar refractivity (Wildman–Crippen MR) is 75.9 cm³/mol.